The van der Waals surface area contributed by atoms with Gasteiger partial charge in [-0.25, -0.2) is 0 Å². The van der Waals surface area contributed by atoms with Gasteiger partial charge in [0, 0.05) is 12.0 Å². The van der Waals surface area contributed by atoms with Crippen LogP contribution in [0.4, 0.5) is 13.2 Å². The molecule has 0 aromatic heterocycles. The van der Waals surface area contributed by atoms with Gasteiger partial charge in [0.2, 0.25) is 0 Å². The van der Waals surface area contributed by atoms with Gasteiger partial charge in [-0.3, -0.25) is 0 Å². The van der Waals surface area contributed by atoms with Crippen molar-refractivity contribution in [3.63, 3.8) is 0 Å². The van der Waals surface area contributed by atoms with E-state index in [4.69, 9.17) is 4.84 Å². The number of nitrogens with zero attached hydrogens (tertiary/aromatic N) is 1. The molecule has 0 fully saturated rings. The lowest BCUT2D eigenvalue weighted by Gasteiger charge is -2.30. The van der Waals surface area contributed by atoms with Crippen LogP contribution in [0.15, 0.2) is 29.4 Å². The third-order valence-electron chi connectivity index (χ3n) is 3.01. The summed E-state index contributed by atoms with van der Waals surface area (Å²) in [5.74, 6) is 0.522. The van der Waals surface area contributed by atoms with Crippen LogP contribution >= 0.6 is 0 Å². The van der Waals surface area contributed by atoms with E-state index in [0.29, 0.717) is 5.75 Å². The molecule has 0 saturated carbocycles. The first-order valence-corrected chi connectivity index (χ1v) is 5.21. The molecule has 92 valence electrons. The van der Waals surface area contributed by atoms with Crippen LogP contribution in [0.3, 0.4) is 0 Å². The second-order valence-corrected chi connectivity index (χ2v) is 4.54. The molecule has 2 rings (SSSR count). The van der Waals surface area contributed by atoms with Gasteiger partial charge >= 0.3 is 6.18 Å². The van der Waals surface area contributed by atoms with E-state index in [1.807, 2.05) is 0 Å². The summed E-state index contributed by atoms with van der Waals surface area (Å²) >= 11 is 0. The number of rotatable bonds is 1. The molecule has 0 aliphatic carbocycles. The van der Waals surface area contributed by atoms with Crippen LogP contribution in [-0.2, 0) is 6.42 Å². The molecule has 1 aromatic rings. The number of alkyl halides is 3. The molecule has 2 nitrogen and oxygen atoms in total. The topological polar surface area (TPSA) is 21.6 Å². The van der Waals surface area contributed by atoms with Gasteiger partial charge in [0.15, 0.2) is 5.75 Å². The first kappa shape index (κ1) is 12.0. The number of benzene rings is 1. The molecule has 0 unspecified atom stereocenters. The summed E-state index contributed by atoms with van der Waals surface area (Å²) in [5, 5.41) is 3.61. The summed E-state index contributed by atoms with van der Waals surface area (Å²) in [6, 6.07) is 6.96. The summed E-state index contributed by atoms with van der Waals surface area (Å²) < 4.78 is 38.6. The van der Waals surface area contributed by atoms with Crippen LogP contribution in [0.25, 0.3) is 0 Å². The van der Waals surface area contributed by atoms with Gasteiger partial charge in [0.05, 0.1) is 5.71 Å². The highest BCUT2D eigenvalue weighted by Crippen LogP contribution is 2.41. The van der Waals surface area contributed by atoms with Crippen molar-refractivity contribution in [3.8, 4) is 5.75 Å². The minimum Gasteiger partial charge on any atom is -0.357 e. The normalized spacial score (nSPS) is 15.9. The van der Waals surface area contributed by atoms with E-state index in [1.165, 1.54) is 0 Å². The molecule has 1 aliphatic heterocycles. The molecule has 17 heavy (non-hydrogen) atoms. The van der Waals surface area contributed by atoms with Gasteiger partial charge < -0.3 is 4.84 Å². The molecule has 1 aromatic carbocycles. The highest BCUT2D eigenvalue weighted by Gasteiger charge is 2.51. The summed E-state index contributed by atoms with van der Waals surface area (Å²) in [4.78, 5) is 5.01. The van der Waals surface area contributed by atoms with Crippen molar-refractivity contribution in [2.45, 2.75) is 26.4 Å². The molecule has 0 N–H and O–H groups in total. The van der Waals surface area contributed by atoms with Crippen molar-refractivity contribution in [1.82, 2.24) is 0 Å². The Labute approximate surface area is 97.1 Å². The van der Waals surface area contributed by atoms with E-state index in [-0.39, 0.29) is 12.1 Å². The first-order valence-electron chi connectivity index (χ1n) is 5.21. The van der Waals surface area contributed by atoms with E-state index in [9.17, 15) is 13.2 Å². The summed E-state index contributed by atoms with van der Waals surface area (Å²) in [7, 11) is 0. The summed E-state index contributed by atoms with van der Waals surface area (Å²) in [5.41, 5.74) is -1.24. The maximum absolute atomic E-state index is 12.9. The third kappa shape index (κ3) is 2.01. The van der Waals surface area contributed by atoms with Crippen molar-refractivity contribution in [2.24, 2.45) is 10.6 Å². The zero-order chi connectivity index (χ0) is 12.7. The fourth-order valence-corrected chi connectivity index (χ4v) is 1.55. The van der Waals surface area contributed by atoms with E-state index < -0.39 is 11.6 Å². The van der Waals surface area contributed by atoms with Gasteiger partial charge in [-0.2, -0.15) is 13.2 Å². The van der Waals surface area contributed by atoms with Crippen LogP contribution in [-0.4, -0.2) is 11.9 Å². The lowest BCUT2D eigenvalue weighted by atomic mass is 9.83. The quantitative estimate of drug-likeness (QED) is 0.739. The zero-order valence-corrected chi connectivity index (χ0v) is 9.51. The maximum atomic E-state index is 12.9. The Balaban J connectivity index is 2.31. The second-order valence-electron chi connectivity index (χ2n) is 4.54. The van der Waals surface area contributed by atoms with E-state index in [1.54, 1.807) is 24.3 Å². The number of halogens is 3. The third-order valence-corrected chi connectivity index (χ3v) is 3.01. The predicted octanol–water partition coefficient (Wildman–Crippen LogP) is 3.57. The van der Waals surface area contributed by atoms with Crippen molar-refractivity contribution >= 4 is 5.71 Å². The molecule has 0 saturated heterocycles. The average molecular weight is 243 g/mol. The fraction of sp³-hybridized carbons (Fsp3) is 0.417. The highest BCUT2D eigenvalue weighted by atomic mass is 19.4. The summed E-state index contributed by atoms with van der Waals surface area (Å²) in [6.45, 7) is 2.23. The number of fused-ring (bicyclic) bond motifs is 1. The minimum absolute atomic E-state index is 0.00343. The SMILES string of the molecule is CC(C)(C1=NOc2ccccc2C1)C(F)(F)F. The van der Waals surface area contributed by atoms with Crippen LogP contribution in [0.2, 0.25) is 0 Å². The van der Waals surface area contributed by atoms with Gasteiger partial charge in [-0.05, 0) is 19.9 Å². The molecule has 0 amide bonds. The summed E-state index contributed by atoms with van der Waals surface area (Å²) in [6.07, 6.45) is -4.16. The van der Waals surface area contributed by atoms with Gasteiger partial charge in [-0.1, -0.05) is 23.4 Å². The standard InChI is InChI=1S/C12H12F3NO/c1-11(2,12(13,14)15)10-7-8-5-3-4-6-9(8)17-16-10/h3-6H,7H2,1-2H3. The fourth-order valence-electron chi connectivity index (χ4n) is 1.55. The lowest BCUT2D eigenvalue weighted by molar-refractivity contribution is -0.187. The first-order chi connectivity index (χ1) is 7.82. The van der Waals surface area contributed by atoms with Gasteiger partial charge in [0.25, 0.3) is 0 Å². The molecule has 0 spiro atoms. The monoisotopic (exact) mass is 243 g/mol. The molecule has 0 bridgehead atoms. The Morgan fingerprint density at radius 3 is 2.47 bits per heavy atom. The smallest absolute Gasteiger partial charge is 0.357 e. The average Bonchev–Trinajstić information content (AvgIpc) is 2.27. The number of para-hydroxylation sites is 1. The lowest BCUT2D eigenvalue weighted by Crippen LogP contribution is -2.41. The largest absolute Gasteiger partial charge is 0.399 e. The van der Waals surface area contributed by atoms with Gasteiger partial charge in [-0.15, -0.1) is 0 Å². The maximum Gasteiger partial charge on any atom is 0.399 e. The van der Waals surface area contributed by atoms with Crippen molar-refractivity contribution < 1.29 is 18.0 Å². The van der Waals surface area contributed by atoms with E-state index >= 15 is 0 Å². The van der Waals surface area contributed by atoms with Gasteiger partial charge in [0.1, 0.15) is 5.41 Å². The molecule has 5 heteroatoms. The Kier molecular flexibility index (Phi) is 2.64. The Bertz CT molecular complexity index is 463. The van der Waals surface area contributed by atoms with E-state index in [0.717, 1.165) is 19.4 Å². The molecule has 1 aliphatic rings. The van der Waals surface area contributed by atoms with Crippen LogP contribution in [0, 0.1) is 5.41 Å². The Morgan fingerprint density at radius 2 is 1.82 bits per heavy atom. The zero-order valence-electron chi connectivity index (χ0n) is 9.51. The van der Waals surface area contributed by atoms with Crippen LogP contribution < -0.4 is 4.84 Å². The molecule has 0 radical (unpaired) electrons. The molecule has 0 atom stereocenters. The second kappa shape index (κ2) is 3.75. The van der Waals surface area contributed by atoms with E-state index in [2.05, 4.69) is 5.16 Å². The van der Waals surface area contributed by atoms with Crippen molar-refractivity contribution in [3.05, 3.63) is 29.8 Å². The Hall–Kier alpha value is -1.52. The van der Waals surface area contributed by atoms with Crippen molar-refractivity contribution in [2.75, 3.05) is 0 Å². The Morgan fingerprint density at radius 1 is 1.18 bits per heavy atom. The minimum atomic E-state index is -4.33. The number of hydrogen-bond donors (Lipinski definition) is 0. The molecular formula is C12H12F3NO. The highest BCUT2D eigenvalue weighted by molar-refractivity contribution is 5.93. The molecular weight excluding hydrogens is 231 g/mol. The van der Waals surface area contributed by atoms with Crippen LogP contribution in [0.5, 0.6) is 5.75 Å². The predicted molar refractivity (Wildman–Crippen MR) is 58.0 cm³/mol. The van der Waals surface area contributed by atoms with Crippen LogP contribution in [0.1, 0.15) is 19.4 Å². The van der Waals surface area contributed by atoms with Crippen molar-refractivity contribution in [1.29, 1.82) is 0 Å². The molecule has 1 heterocycles. The number of oxime groups is 1. The number of hydrogen-bond acceptors (Lipinski definition) is 2.